The first-order valence-corrected chi connectivity index (χ1v) is 6.74. The maximum Gasteiger partial charge on any atom is 0.335 e. The van der Waals surface area contributed by atoms with Crippen LogP contribution in [0.3, 0.4) is 0 Å². The molecule has 1 atom stereocenters. The van der Waals surface area contributed by atoms with Gasteiger partial charge in [-0.25, -0.2) is 4.79 Å². The van der Waals surface area contributed by atoms with Crippen LogP contribution in [0, 0.1) is 6.92 Å². The van der Waals surface area contributed by atoms with E-state index in [1.807, 2.05) is 0 Å². The summed E-state index contributed by atoms with van der Waals surface area (Å²) in [5, 5.41) is 18.9. The van der Waals surface area contributed by atoms with Gasteiger partial charge in [0, 0.05) is 12.5 Å². The number of aryl methyl sites for hydroxylation is 1. The maximum atomic E-state index is 11.7. The second-order valence-corrected chi connectivity index (χ2v) is 5.08. The molecule has 0 saturated carbocycles. The molecule has 2 aromatic rings. The molecule has 1 aromatic carbocycles. The van der Waals surface area contributed by atoms with Gasteiger partial charge in [-0.2, -0.15) is 0 Å². The van der Waals surface area contributed by atoms with Crippen molar-refractivity contribution in [3.05, 3.63) is 63.2 Å². The normalized spacial score (nSPS) is 11.9. The molecular formula is C16H15NO6. The zero-order valence-electron chi connectivity index (χ0n) is 12.3. The van der Waals surface area contributed by atoms with Gasteiger partial charge in [0.15, 0.2) is 5.76 Å². The van der Waals surface area contributed by atoms with Gasteiger partial charge in [0.1, 0.15) is 5.76 Å². The molecule has 1 aromatic heterocycles. The summed E-state index contributed by atoms with van der Waals surface area (Å²) in [4.78, 5) is 34.0. The number of carbonyl (C=O) groups excluding carboxylic acids is 1. The first kappa shape index (κ1) is 16.3. The molecule has 1 amide bonds. The Balaban J connectivity index is 2.55. The van der Waals surface area contributed by atoms with E-state index in [9.17, 15) is 19.5 Å². The van der Waals surface area contributed by atoms with Crippen molar-refractivity contribution in [3.8, 4) is 5.75 Å². The third-order valence-electron chi connectivity index (χ3n) is 3.35. The number of rotatable bonds is 5. The third-order valence-corrected chi connectivity index (χ3v) is 3.35. The molecule has 0 aliphatic heterocycles. The molecule has 23 heavy (non-hydrogen) atoms. The third kappa shape index (κ3) is 3.57. The summed E-state index contributed by atoms with van der Waals surface area (Å²) in [5.41, 5.74) is 5.18. The van der Waals surface area contributed by atoms with Crippen LogP contribution in [0.5, 0.6) is 5.75 Å². The van der Waals surface area contributed by atoms with E-state index < -0.39 is 29.0 Å². The van der Waals surface area contributed by atoms with Gasteiger partial charge in [0.05, 0.1) is 11.5 Å². The largest absolute Gasteiger partial charge is 0.502 e. The molecule has 0 spiro atoms. The van der Waals surface area contributed by atoms with Crippen LogP contribution in [-0.4, -0.2) is 22.1 Å². The van der Waals surface area contributed by atoms with Gasteiger partial charge < -0.3 is 20.4 Å². The van der Waals surface area contributed by atoms with Crippen molar-refractivity contribution < 1.29 is 24.2 Å². The molecule has 0 bridgehead atoms. The first-order valence-electron chi connectivity index (χ1n) is 6.74. The fraction of sp³-hybridized carbons (Fsp3) is 0.188. The van der Waals surface area contributed by atoms with Gasteiger partial charge in [-0.15, -0.1) is 0 Å². The topological polar surface area (TPSA) is 131 Å². The zero-order chi connectivity index (χ0) is 17.1. The fourth-order valence-electron chi connectivity index (χ4n) is 2.28. The first-order chi connectivity index (χ1) is 10.8. The molecule has 0 unspecified atom stereocenters. The van der Waals surface area contributed by atoms with Crippen molar-refractivity contribution in [1.29, 1.82) is 0 Å². The SMILES string of the molecule is Cc1cc(=O)c(O)c([C@H](CC(N)=O)c2ccc(C(=O)O)cc2)o1. The number of aromatic hydroxyl groups is 1. The number of carboxylic acids is 1. The van der Waals surface area contributed by atoms with Gasteiger partial charge in [0.25, 0.3) is 0 Å². The predicted octanol–water partition coefficient (Wildman–Crippen LogP) is 1.36. The summed E-state index contributed by atoms with van der Waals surface area (Å²) < 4.78 is 5.41. The molecule has 0 radical (unpaired) electrons. The lowest BCUT2D eigenvalue weighted by Crippen LogP contribution is -2.18. The second-order valence-electron chi connectivity index (χ2n) is 5.08. The van der Waals surface area contributed by atoms with E-state index in [0.717, 1.165) is 6.07 Å². The Kier molecular flexibility index (Phi) is 4.49. The molecule has 4 N–H and O–H groups in total. The average Bonchev–Trinajstić information content (AvgIpc) is 2.48. The highest BCUT2D eigenvalue weighted by Gasteiger charge is 2.25. The number of hydrogen-bond acceptors (Lipinski definition) is 5. The van der Waals surface area contributed by atoms with E-state index in [2.05, 4.69) is 0 Å². The Bertz CT molecular complexity index is 806. The van der Waals surface area contributed by atoms with E-state index >= 15 is 0 Å². The average molecular weight is 317 g/mol. The highest BCUT2D eigenvalue weighted by Crippen LogP contribution is 2.32. The lowest BCUT2D eigenvalue weighted by Gasteiger charge is -2.16. The minimum atomic E-state index is -1.09. The van der Waals surface area contributed by atoms with E-state index in [4.69, 9.17) is 15.3 Å². The standard InChI is InChI=1S/C16H15NO6/c1-8-6-12(18)14(20)15(23-8)11(7-13(17)19)9-2-4-10(5-3-9)16(21)22/h2-6,11,20H,7H2,1H3,(H2,17,19)(H,21,22)/t11-/m1/s1. The monoisotopic (exact) mass is 317 g/mol. The van der Waals surface area contributed by atoms with Gasteiger partial charge in [-0.05, 0) is 24.6 Å². The molecule has 120 valence electrons. The summed E-state index contributed by atoms with van der Waals surface area (Å²) in [6.45, 7) is 1.54. The van der Waals surface area contributed by atoms with E-state index in [1.54, 1.807) is 6.92 Å². The Labute approximate surface area is 131 Å². The Morgan fingerprint density at radius 2 is 1.87 bits per heavy atom. The van der Waals surface area contributed by atoms with Crippen molar-refractivity contribution in [2.45, 2.75) is 19.3 Å². The van der Waals surface area contributed by atoms with Gasteiger partial charge >= 0.3 is 5.97 Å². The van der Waals surface area contributed by atoms with Crippen LogP contribution in [-0.2, 0) is 4.79 Å². The van der Waals surface area contributed by atoms with Crippen molar-refractivity contribution >= 4 is 11.9 Å². The predicted molar refractivity (Wildman–Crippen MR) is 80.4 cm³/mol. The van der Waals surface area contributed by atoms with Gasteiger partial charge in [-0.1, -0.05) is 12.1 Å². The molecule has 7 nitrogen and oxygen atoms in total. The number of amides is 1. The van der Waals surface area contributed by atoms with Crippen LogP contribution >= 0.6 is 0 Å². The summed E-state index contributed by atoms with van der Waals surface area (Å²) in [7, 11) is 0. The van der Waals surface area contributed by atoms with Crippen LogP contribution < -0.4 is 11.2 Å². The lowest BCUT2D eigenvalue weighted by molar-refractivity contribution is -0.118. The molecular weight excluding hydrogens is 302 g/mol. The number of carbonyl (C=O) groups is 2. The van der Waals surface area contributed by atoms with Crippen molar-refractivity contribution in [3.63, 3.8) is 0 Å². The molecule has 0 fully saturated rings. The summed E-state index contributed by atoms with van der Waals surface area (Å²) >= 11 is 0. The molecule has 0 saturated heterocycles. The highest BCUT2D eigenvalue weighted by molar-refractivity contribution is 5.87. The van der Waals surface area contributed by atoms with Crippen LogP contribution in [0.1, 0.15) is 39.8 Å². The van der Waals surface area contributed by atoms with Crippen LogP contribution in [0.25, 0.3) is 0 Å². The van der Waals surface area contributed by atoms with Crippen LogP contribution in [0.4, 0.5) is 0 Å². The quantitative estimate of drug-likeness (QED) is 0.763. The van der Waals surface area contributed by atoms with Crippen molar-refractivity contribution in [2.75, 3.05) is 0 Å². The lowest BCUT2D eigenvalue weighted by atomic mass is 9.91. The number of nitrogens with two attached hydrogens (primary N) is 1. The summed E-state index contributed by atoms with van der Waals surface area (Å²) in [6, 6.07) is 6.82. The van der Waals surface area contributed by atoms with Gasteiger partial charge in [-0.3, -0.25) is 9.59 Å². The zero-order valence-corrected chi connectivity index (χ0v) is 12.3. The van der Waals surface area contributed by atoms with Crippen molar-refractivity contribution in [2.24, 2.45) is 5.73 Å². The maximum absolute atomic E-state index is 11.7. The molecule has 1 heterocycles. The molecule has 7 heteroatoms. The summed E-state index contributed by atoms with van der Waals surface area (Å²) in [5.74, 6) is -2.92. The number of benzene rings is 1. The molecule has 0 aliphatic rings. The van der Waals surface area contributed by atoms with E-state index in [1.165, 1.54) is 24.3 Å². The van der Waals surface area contributed by atoms with E-state index in [-0.39, 0.29) is 23.5 Å². The summed E-state index contributed by atoms with van der Waals surface area (Å²) in [6.07, 6.45) is -0.202. The fourth-order valence-corrected chi connectivity index (χ4v) is 2.28. The Morgan fingerprint density at radius 3 is 2.39 bits per heavy atom. The minimum Gasteiger partial charge on any atom is -0.502 e. The Morgan fingerprint density at radius 1 is 1.26 bits per heavy atom. The number of aromatic carboxylic acids is 1. The highest BCUT2D eigenvalue weighted by atomic mass is 16.4. The number of hydrogen-bond donors (Lipinski definition) is 3. The van der Waals surface area contributed by atoms with Gasteiger partial charge in [0.2, 0.25) is 17.1 Å². The number of primary amides is 1. The van der Waals surface area contributed by atoms with Crippen LogP contribution in [0.15, 0.2) is 39.5 Å². The molecule has 2 rings (SSSR count). The van der Waals surface area contributed by atoms with E-state index in [0.29, 0.717) is 5.56 Å². The van der Waals surface area contributed by atoms with Crippen LogP contribution in [0.2, 0.25) is 0 Å². The van der Waals surface area contributed by atoms with Crippen molar-refractivity contribution in [1.82, 2.24) is 0 Å². The second kappa shape index (κ2) is 6.35. The Hall–Kier alpha value is -3.09. The molecule has 0 aliphatic carbocycles. The smallest absolute Gasteiger partial charge is 0.335 e. The minimum absolute atomic E-state index is 0.0708. The number of carboxylic acid groups (broad SMARTS) is 1.